The van der Waals surface area contributed by atoms with E-state index in [0.29, 0.717) is 5.41 Å². The zero-order valence-corrected chi connectivity index (χ0v) is 13.9. The second-order valence-corrected chi connectivity index (χ2v) is 7.89. The van der Waals surface area contributed by atoms with Crippen molar-refractivity contribution in [1.29, 1.82) is 0 Å². The van der Waals surface area contributed by atoms with Gasteiger partial charge in [0.05, 0.1) is 0 Å². The first-order valence-electron chi connectivity index (χ1n) is 7.38. The molecule has 0 atom stereocenters. The van der Waals surface area contributed by atoms with Crippen molar-refractivity contribution in [3.05, 3.63) is 35.4 Å². The summed E-state index contributed by atoms with van der Waals surface area (Å²) >= 11 is 0. The fourth-order valence-corrected chi connectivity index (χ4v) is 2.04. The zero-order valence-electron chi connectivity index (χ0n) is 13.9. The lowest BCUT2D eigenvalue weighted by Crippen LogP contribution is -2.42. The van der Waals surface area contributed by atoms with Gasteiger partial charge in [0.2, 0.25) is 0 Å². The molecule has 0 fully saturated rings. The molecular weight excluding hydrogens is 230 g/mol. The molecule has 0 aliphatic rings. The lowest BCUT2D eigenvalue weighted by Gasteiger charge is -2.37. The number of hydrogen-bond acceptors (Lipinski definition) is 1. The van der Waals surface area contributed by atoms with Gasteiger partial charge in [0.15, 0.2) is 0 Å². The van der Waals surface area contributed by atoms with Gasteiger partial charge in [-0.25, -0.2) is 0 Å². The van der Waals surface area contributed by atoms with E-state index in [-0.39, 0.29) is 5.54 Å². The van der Waals surface area contributed by atoms with E-state index >= 15 is 0 Å². The first-order chi connectivity index (χ1) is 8.58. The van der Waals surface area contributed by atoms with Crippen LogP contribution in [-0.4, -0.2) is 17.0 Å². The van der Waals surface area contributed by atoms with Crippen molar-refractivity contribution in [3.63, 3.8) is 0 Å². The minimum absolute atomic E-state index is 0.218. The Morgan fingerprint density at radius 3 is 1.84 bits per heavy atom. The molecule has 0 heterocycles. The lowest BCUT2D eigenvalue weighted by molar-refractivity contribution is 0.110. The third-order valence-electron chi connectivity index (χ3n) is 3.57. The predicted octanol–water partition coefficient (Wildman–Crippen LogP) is 5.03. The van der Waals surface area contributed by atoms with E-state index in [1.54, 1.807) is 0 Å². The van der Waals surface area contributed by atoms with E-state index in [0.717, 1.165) is 13.1 Å². The fourth-order valence-electron chi connectivity index (χ4n) is 2.04. The number of aryl methyl sites for hydroxylation is 1. The smallest absolute Gasteiger partial charge is 0.0238 e. The SMILES string of the molecule is Cc1ccc(CN(CCC(C)(C)C)C(C)(C)C)cc1. The van der Waals surface area contributed by atoms with E-state index in [1.807, 2.05) is 0 Å². The second kappa shape index (κ2) is 6.09. The van der Waals surface area contributed by atoms with Crippen LogP contribution in [0.1, 0.15) is 59.1 Å². The van der Waals surface area contributed by atoms with Gasteiger partial charge < -0.3 is 0 Å². The molecule has 0 aliphatic heterocycles. The zero-order chi connectivity index (χ0) is 14.7. The fraction of sp³-hybridized carbons (Fsp3) is 0.667. The molecule has 0 saturated heterocycles. The summed E-state index contributed by atoms with van der Waals surface area (Å²) in [5, 5.41) is 0. The molecule has 0 bridgehead atoms. The Balaban J connectivity index is 2.73. The number of hydrogen-bond donors (Lipinski definition) is 0. The molecular formula is C18H31N. The van der Waals surface area contributed by atoms with Crippen LogP contribution in [0.2, 0.25) is 0 Å². The summed E-state index contributed by atoms with van der Waals surface area (Å²) in [5.41, 5.74) is 3.36. The summed E-state index contributed by atoms with van der Waals surface area (Å²) < 4.78 is 0. The molecule has 108 valence electrons. The van der Waals surface area contributed by atoms with Crippen LogP contribution in [0.4, 0.5) is 0 Å². The van der Waals surface area contributed by atoms with Gasteiger partial charge in [-0.1, -0.05) is 50.6 Å². The number of rotatable bonds is 4. The Labute approximate surface area is 120 Å². The van der Waals surface area contributed by atoms with E-state index in [9.17, 15) is 0 Å². The Morgan fingerprint density at radius 1 is 0.895 bits per heavy atom. The molecule has 0 unspecified atom stereocenters. The molecule has 0 aromatic heterocycles. The van der Waals surface area contributed by atoms with E-state index in [1.165, 1.54) is 17.5 Å². The monoisotopic (exact) mass is 261 g/mol. The summed E-state index contributed by atoms with van der Waals surface area (Å²) in [7, 11) is 0. The highest BCUT2D eigenvalue weighted by molar-refractivity contribution is 5.21. The first-order valence-corrected chi connectivity index (χ1v) is 7.38. The molecule has 1 nitrogen and oxygen atoms in total. The van der Waals surface area contributed by atoms with Gasteiger partial charge in [-0.2, -0.15) is 0 Å². The molecule has 0 amide bonds. The maximum absolute atomic E-state index is 2.59. The van der Waals surface area contributed by atoms with Crippen molar-refractivity contribution < 1.29 is 0 Å². The van der Waals surface area contributed by atoms with Gasteiger partial charge >= 0.3 is 0 Å². The quantitative estimate of drug-likeness (QED) is 0.734. The van der Waals surface area contributed by atoms with Crippen LogP contribution in [0.15, 0.2) is 24.3 Å². The average Bonchev–Trinajstić information content (AvgIpc) is 2.23. The summed E-state index contributed by atoms with van der Waals surface area (Å²) in [6, 6.07) is 8.93. The van der Waals surface area contributed by atoms with Gasteiger partial charge in [-0.05, 0) is 51.6 Å². The number of benzene rings is 1. The van der Waals surface area contributed by atoms with Gasteiger partial charge in [0.25, 0.3) is 0 Å². The van der Waals surface area contributed by atoms with Crippen molar-refractivity contribution in [2.75, 3.05) is 6.54 Å². The van der Waals surface area contributed by atoms with Crippen LogP contribution < -0.4 is 0 Å². The van der Waals surface area contributed by atoms with Crippen LogP contribution in [0.25, 0.3) is 0 Å². The van der Waals surface area contributed by atoms with E-state index in [2.05, 4.69) is 77.6 Å². The molecule has 1 rings (SSSR count). The predicted molar refractivity (Wildman–Crippen MR) is 85.4 cm³/mol. The van der Waals surface area contributed by atoms with Crippen LogP contribution in [0.5, 0.6) is 0 Å². The third kappa shape index (κ3) is 6.24. The average molecular weight is 261 g/mol. The van der Waals surface area contributed by atoms with Crippen LogP contribution in [0, 0.1) is 12.3 Å². The molecule has 0 N–H and O–H groups in total. The highest BCUT2D eigenvalue weighted by atomic mass is 15.2. The Morgan fingerprint density at radius 2 is 1.42 bits per heavy atom. The second-order valence-electron chi connectivity index (χ2n) is 7.89. The van der Waals surface area contributed by atoms with Crippen molar-refractivity contribution in [1.82, 2.24) is 4.90 Å². The maximum Gasteiger partial charge on any atom is 0.0238 e. The lowest BCUT2D eigenvalue weighted by atomic mass is 9.91. The summed E-state index contributed by atoms with van der Waals surface area (Å²) in [5.74, 6) is 0. The van der Waals surface area contributed by atoms with Crippen LogP contribution in [0.3, 0.4) is 0 Å². The molecule has 1 heteroatoms. The topological polar surface area (TPSA) is 3.24 Å². The van der Waals surface area contributed by atoms with Crippen LogP contribution >= 0.6 is 0 Å². The molecule has 0 radical (unpaired) electrons. The molecule has 1 aromatic rings. The summed E-state index contributed by atoms with van der Waals surface area (Å²) in [6.07, 6.45) is 1.23. The van der Waals surface area contributed by atoms with Crippen molar-refractivity contribution in [2.24, 2.45) is 5.41 Å². The van der Waals surface area contributed by atoms with Gasteiger partial charge in [0.1, 0.15) is 0 Å². The maximum atomic E-state index is 2.59. The minimum atomic E-state index is 0.218. The Hall–Kier alpha value is -0.820. The van der Waals surface area contributed by atoms with Crippen LogP contribution in [-0.2, 0) is 6.54 Å². The van der Waals surface area contributed by atoms with Crippen molar-refractivity contribution >= 4 is 0 Å². The highest BCUT2D eigenvalue weighted by Crippen LogP contribution is 2.24. The first kappa shape index (κ1) is 16.2. The summed E-state index contributed by atoms with van der Waals surface area (Å²) in [4.78, 5) is 2.59. The third-order valence-corrected chi connectivity index (χ3v) is 3.57. The van der Waals surface area contributed by atoms with E-state index < -0.39 is 0 Å². The Bertz CT molecular complexity index is 376. The number of nitrogens with zero attached hydrogens (tertiary/aromatic N) is 1. The van der Waals surface area contributed by atoms with Crippen molar-refractivity contribution in [3.8, 4) is 0 Å². The van der Waals surface area contributed by atoms with Gasteiger partial charge in [-0.3, -0.25) is 4.90 Å². The van der Waals surface area contributed by atoms with Crippen molar-refractivity contribution in [2.45, 2.75) is 67.0 Å². The van der Waals surface area contributed by atoms with Gasteiger partial charge in [-0.15, -0.1) is 0 Å². The molecule has 0 saturated carbocycles. The summed E-state index contributed by atoms with van der Waals surface area (Å²) in [6.45, 7) is 18.2. The molecule has 1 aromatic carbocycles. The van der Waals surface area contributed by atoms with E-state index in [4.69, 9.17) is 0 Å². The largest absolute Gasteiger partial charge is 0.294 e. The highest BCUT2D eigenvalue weighted by Gasteiger charge is 2.23. The Kier molecular flexibility index (Phi) is 5.20. The normalized spacial score (nSPS) is 13.1. The minimum Gasteiger partial charge on any atom is -0.294 e. The standard InChI is InChI=1S/C18H31N/c1-15-8-10-16(11-9-15)14-19(18(5,6)7)13-12-17(2,3)4/h8-11H,12-14H2,1-7H3. The molecule has 0 aliphatic carbocycles. The molecule has 0 spiro atoms. The van der Waals surface area contributed by atoms with Gasteiger partial charge in [0, 0.05) is 12.1 Å². The molecule has 19 heavy (non-hydrogen) atoms.